The smallest absolute Gasteiger partial charge is 0.222 e. The van der Waals surface area contributed by atoms with Crippen LogP contribution in [0.2, 0.25) is 5.02 Å². The Hall–Kier alpha value is -2.68. The lowest BCUT2D eigenvalue weighted by atomic mass is 10.0. The molecule has 0 aliphatic carbocycles. The number of nitrogens with zero attached hydrogens (tertiary/aromatic N) is 2. The molecule has 7 nitrogen and oxygen atoms in total. The van der Waals surface area contributed by atoms with E-state index in [0.29, 0.717) is 40.1 Å². The van der Waals surface area contributed by atoms with Crippen molar-refractivity contribution in [3.63, 3.8) is 0 Å². The number of nitrogens with one attached hydrogen (secondary N) is 1. The first-order valence-electron chi connectivity index (χ1n) is 8.80. The van der Waals surface area contributed by atoms with Gasteiger partial charge in [-0.2, -0.15) is 4.98 Å². The molecule has 2 aromatic carbocycles. The van der Waals surface area contributed by atoms with E-state index in [1.54, 1.807) is 25.3 Å². The summed E-state index contributed by atoms with van der Waals surface area (Å²) < 4.78 is 25.3. The Morgan fingerprint density at radius 3 is 2.59 bits per heavy atom. The summed E-state index contributed by atoms with van der Waals surface area (Å²) in [6.07, 6.45) is 0.713. The van der Waals surface area contributed by atoms with Crippen LogP contribution in [0.15, 0.2) is 47.4 Å². The van der Waals surface area contributed by atoms with Crippen LogP contribution in [-0.4, -0.2) is 32.4 Å². The van der Waals surface area contributed by atoms with Crippen molar-refractivity contribution in [2.24, 2.45) is 0 Å². The molecule has 9 heteroatoms. The molecule has 1 atom stereocenters. The van der Waals surface area contributed by atoms with Gasteiger partial charge >= 0.3 is 0 Å². The first-order chi connectivity index (χ1) is 13.9. The Morgan fingerprint density at radius 2 is 1.93 bits per heavy atom. The lowest BCUT2D eigenvalue weighted by molar-refractivity contribution is 0.415. The average molecular weight is 433 g/mol. The van der Waals surface area contributed by atoms with Gasteiger partial charge in [-0.25, -0.2) is 9.19 Å². The maximum Gasteiger partial charge on any atom is 0.222 e. The summed E-state index contributed by atoms with van der Waals surface area (Å²) >= 11 is 4.30. The summed E-state index contributed by atoms with van der Waals surface area (Å²) in [6, 6.07) is 12.4. The summed E-state index contributed by atoms with van der Waals surface area (Å²) in [6.45, 7) is 2.56. The van der Waals surface area contributed by atoms with Crippen LogP contribution in [0.1, 0.15) is 11.1 Å². The van der Waals surface area contributed by atoms with Crippen LogP contribution >= 0.6 is 11.6 Å². The van der Waals surface area contributed by atoms with Crippen molar-refractivity contribution in [3.05, 3.63) is 58.6 Å². The number of benzene rings is 2. The predicted molar refractivity (Wildman–Crippen MR) is 116 cm³/mol. The third-order valence-corrected chi connectivity index (χ3v) is 5.33. The molecule has 0 bridgehead atoms. The number of halogens is 1. The standard InChI is InChI=1S/C20H21ClN4O3S/c1-12-9-18(28-2)16(21)10-15(12)17-11-19(25-20(22)24-17)23-8-7-13-3-5-14(6-4-13)29(26)27/h3-6,9-11H,7-8H2,1-2H3,(H,26,27)(H3,22,23,24,25). The van der Waals surface area contributed by atoms with Gasteiger partial charge in [0, 0.05) is 18.2 Å². The molecule has 0 radical (unpaired) electrons. The topological polar surface area (TPSA) is 110 Å². The van der Waals surface area contributed by atoms with Gasteiger partial charge in [0.15, 0.2) is 11.1 Å². The summed E-state index contributed by atoms with van der Waals surface area (Å²) in [5.74, 6) is 1.36. The zero-order valence-corrected chi connectivity index (χ0v) is 17.5. The Balaban J connectivity index is 1.74. The molecule has 0 spiro atoms. The Labute approximate surface area is 176 Å². The van der Waals surface area contributed by atoms with Crippen LogP contribution in [0.4, 0.5) is 11.8 Å². The van der Waals surface area contributed by atoms with Crippen molar-refractivity contribution in [2.75, 3.05) is 24.7 Å². The van der Waals surface area contributed by atoms with Gasteiger partial charge in [-0.05, 0) is 48.7 Å². The number of aromatic nitrogens is 2. The van der Waals surface area contributed by atoms with Crippen LogP contribution in [-0.2, 0) is 17.5 Å². The number of nitrogens with two attached hydrogens (primary N) is 1. The van der Waals surface area contributed by atoms with Gasteiger partial charge < -0.3 is 20.3 Å². The molecule has 0 amide bonds. The highest BCUT2D eigenvalue weighted by Gasteiger charge is 2.12. The maximum absolute atomic E-state index is 11.0. The van der Waals surface area contributed by atoms with Gasteiger partial charge in [-0.1, -0.05) is 23.7 Å². The number of hydrogen-bond acceptors (Lipinski definition) is 6. The van der Waals surface area contributed by atoms with E-state index in [1.165, 1.54) is 0 Å². The van der Waals surface area contributed by atoms with Crippen molar-refractivity contribution in [1.82, 2.24) is 9.97 Å². The Morgan fingerprint density at radius 1 is 1.21 bits per heavy atom. The van der Waals surface area contributed by atoms with Crippen LogP contribution in [0.5, 0.6) is 5.75 Å². The van der Waals surface area contributed by atoms with E-state index >= 15 is 0 Å². The summed E-state index contributed by atoms with van der Waals surface area (Å²) in [7, 11) is 1.57. The largest absolute Gasteiger partial charge is 0.495 e. The molecule has 152 valence electrons. The van der Waals surface area contributed by atoms with Gasteiger partial charge in [0.1, 0.15) is 11.6 Å². The first-order valence-corrected chi connectivity index (χ1v) is 10.3. The number of anilines is 2. The predicted octanol–water partition coefficient (Wildman–Crippen LogP) is 3.93. The number of methoxy groups -OCH3 is 1. The van der Waals surface area contributed by atoms with E-state index in [2.05, 4.69) is 15.3 Å². The van der Waals surface area contributed by atoms with Gasteiger partial charge in [-0.3, -0.25) is 0 Å². The highest BCUT2D eigenvalue weighted by molar-refractivity contribution is 7.79. The molecular weight excluding hydrogens is 412 g/mol. The second kappa shape index (κ2) is 9.21. The van der Waals surface area contributed by atoms with E-state index in [4.69, 9.17) is 26.6 Å². The minimum atomic E-state index is -1.97. The second-order valence-electron chi connectivity index (χ2n) is 6.37. The zero-order chi connectivity index (χ0) is 21.0. The number of aryl methyl sites for hydroxylation is 1. The minimum absolute atomic E-state index is 0.158. The summed E-state index contributed by atoms with van der Waals surface area (Å²) in [5.41, 5.74) is 9.40. The maximum atomic E-state index is 11.0. The van der Waals surface area contributed by atoms with Gasteiger partial charge in [0.2, 0.25) is 5.95 Å². The quantitative estimate of drug-likeness (QED) is 0.485. The fourth-order valence-electron chi connectivity index (χ4n) is 2.89. The number of rotatable bonds is 7. The van der Waals surface area contributed by atoms with Crippen LogP contribution < -0.4 is 15.8 Å². The minimum Gasteiger partial charge on any atom is -0.495 e. The van der Waals surface area contributed by atoms with Crippen molar-refractivity contribution in [1.29, 1.82) is 0 Å². The van der Waals surface area contributed by atoms with Gasteiger partial charge in [0.05, 0.1) is 22.7 Å². The van der Waals surface area contributed by atoms with E-state index in [9.17, 15) is 4.21 Å². The molecule has 1 heterocycles. The average Bonchev–Trinajstić information content (AvgIpc) is 2.69. The molecule has 0 aliphatic rings. The molecule has 29 heavy (non-hydrogen) atoms. The van der Waals surface area contributed by atoms with Crippen LogP contribution in [0, 0.1) is 6.92 Å². The molecule has 3 rings (SSSR count). The summed E-state index contributed by atoms with van der Waals surface area (Å²) in [4.78, 5) is 8.95. The molecular formula is C20H21ClN4O3S. The third kappa shape index (κ3) is 5.23. The molecule has 0 saturated carbocycles. The van der Waals surface area contributed by atoms with E-state index in [-0.39, 0.29) is 5.95 Å². The van der Waals surface area contributed by atoms with E-state index in [0.717, 1.165) is 16.7 Å². The summed E-state index contributed by atoms with van der Waals surface area (Å²) in [5, 5.41) is 3.73. The van der Waals surface area contributed by atoms with Crippen LogP contribution in [0.3, 0.4) is 0 Å². The second-order valence-corrected chi connectivity index (χ2v) is 7.75. The normalized spacial score (nSPS) is 11.9. The number of nitrogen functional groups attached to an aromatic ring is 1. The SMILES string of the molecule is COc1cc(C)c(-c2cc(NCCc3ccc(S(=O)O)cc3)nc(N)n2)cc1Cl. The number of hydrogen-bond donors (Lipinski definition) is 3. The monoisotopic (exact) mass is 432 g/mol. The molecule has 3 aromatic rings. The fraction of sp³-hybridized carbons (Fsp3) is 0.200. The van der Waals surface area contributed by atoms with Gasteiger partial charge in [-0.15, -0.1) is 0 Å². The molecule has 1 aromatic heterocycles. The highest BCUT2D eigenvalue weighted by atomic mass is 35.5. The van der Waals surface area contributed by atoms with Crippen molar-refractivity contribution >= 4 is 34.4 Å². The molecule has 4 N–H and O–H groups in total. The lowest BCUT2D eigenvalue weighted by Crippen LogP contribution is -2.09. The van der Waals surface area contributed by atoms with E-state index in [1.807, 2.05) is 31.2 Å². The first kappa shape index (κ1) is 21.0. The Kier molecular flexibility index (Phi) is 6.68. The number of ether oxygens (including phenoxy) is 1. The zero-order valence-electron chi connectivity index (χ0n) is 16.0. The molecule has 1 unspecified atom stereocenters. The van der Waals surface area contributed by atoms with Crippen LogP contribution in [0.25, 0.3) is 11.3 Å². The van der Waals surface area contributed by atoms with Crippen molar-refractivity contribution < 1.29 is 13.5 Å². The highest BCUT2D eigenvalue weighted by Crippen LogP contribution is 2.33. The van der Waals surface area contributed by atoms with E-state index < -0.39 is 11.1 Å². The molecule has 0 fully saturated rings. The fourth-order valence-corrected chi connectivity index (χ4v) is 3.50. The van der Waals surface area contributed by atoms with Gasteiger partial charge in [0.25, 0.3) is 0 Å². The Bertz CT molecular complexity index is 1040. The molecule has 0 aliphatic heterocycles. The molecule has 0 saturated heterocycles. The lowest BCUT2D eigenvalue weighted by Gasteiger charge is -2.12. The van der Waals surface area contributed by atoms with Crippen molar-refractivity contribution in [3.8, 4) is 17.0 Å². The van der Waals surface area contributed by atoms with Crippen molar-refractivity contribution in [2.45, 2.75) is 18.2 Å². The third-order valence-electron chi connectivity index (χ3n) is 4.36.